The largest absolute Gasteiger partial charge is 0.453 e. The molecule has 1 saturated heterocycles. The fourth-order valence-corrected chi connectivity index (χ4v) is 10.3. The van der Waals surface area contributed by atoms with Crippen molar-refractivity contribution in [3.05, 3.63) is 35.9 Å². The average molecular weight is 1300 g/mol. The molecule has 0 bridgehead atoms. The van der Waals surface area contributed by atoms with E-state index in [-0.39, 0.29) is 63.0 Å². The molecule has 0 aromatic heterocycles. The number of nitrogens with two attached hydrogens (primary N) is 3. The Hall–Kier alpha value is -8.07. The van der Waals surface area contributed by atoms with Crippen LogP contribution in [-0.4, -0.2) is 195 Å². The fourth-order valence-electron chi connectivity index (χ4n) is 10.3. The van der Waals surface area contributed by atoms with Gasteiger partial charge in [0.15, 0.2) is 24.2 Å². The minimum absolute atomic E-state index is 0.0150. The van der Waals surface area contributed by atoms with Crippen LogP contribution in [0, 0.1) is 28.6 Å². The molecule has 3 rings (SSSR count). The maximum absolute atomic E-state index is 15.5. The number of benzene rings is 1. The van der Waals surface area contributed by atoms with E-state index in [1.54, 1.807) is 27.7 Å². The van der Waals surface area contributed by atoms with Gasteiger partial charge in [0, 0.05) is 6.54 Å². The summed E-state index contributed by atoms with van der Waals surface area (Å²) in [6.07, 6.45) is -6.51. The van der Waals surface area contributed by atoms with Crippen molar-refractivity contribution in [1.29, 1.82) is 5.41 Å². The van der Waals surface area contributed by atoms with Gasteiger partial charge in [-0.15, -0.1) is 0 Å². The smallest absolute Gasteiger partial charge is 0.331 e. The molecule has 1 saturated carbocycles. The Morgan fingerprint density at radius 1 is 0.717 bits per heavy atom. The van der Waals surface area contributed by atoms with Crippen molar-refractivity contribution < 1.29 is 82.7 Å². The molecule has 0 radical (unpaired) electrons. The van der Waals surface area contributed by atoms with Crippen LogP contribution in [0.15, 0.2) is 30.3 Å². The first kappa shape index (κ1) is 78.2. The quantitative estimate of drug-likeness (QED) is 0.0253. The van der Waals surface area contributed by atoms with E-state index in [0.29, 0.717) is 19.3 Å². The lowest BCUT2D eigenvalue weighted by atomic mass is 9.79. The molecule has 32 nitrogen and oxygen atoms in total. The van der Waals surface area contributed by atoms with E-state index in [1.165, 1.54) is 44.2 Å². The summed E-state index contributed by atoms with van der Waals surface area (Å²) in [7, 11) is 0. The Labute approximate surface area is 535 Å². The van der Waals surface area contributed by atoms with E-state index in [0.717, 1.165) is 6.92 Å². The molecule has 1 aromatic rings. The van der Waals surface area contributed by atoms with E-state index in [4.69, 9.17) is 27.3 Å². The minimum atomic E-state index is -2.57. The van der Waals surface area contributed by atoms with Gasteiger partial charge in [0.1, 0.15) is 47.8 Å². The van der Waals surface area contributed by atoms with Gasteiger partial charge in [0.2, 0.25) is 65.0 Å². The number of carbonyl (C=O) groups is 12. The second-order valence-electron chi connectivity index (χ2n) is 25.6. The fraction of sp³-hybridized carbons (Fsp3) is 0.683. The van der Waals surface area contributed by atoms with Gasteiger partial charge >= 0.3 is 5.97 Å². The van der Waals surface area contributed by atoms with E-state index >= 15 is 9.59 Å². The van der Waals surface area contributed by atoms with Gasteiger partial charge in [0.25, 0.3) is 0 Å². The number of primary amides is 1. The van der Waals surface area contributed by atoms with E-state index in [1.807, 2.05) is 26.1 Å². The van der Waals surface area contributed by atoms with Gasteiger partial charge in [-0.25, -0.2) is 4.79 Å². The lowest BCUT2D eigenvalue weighted by Crippen LogP contribution is -2.67. The molecule has 11 amide bonds. The van der Waals surface area contributed by atoms with E-state index < -0.39 is 192 Å². The van der Waals surface area contributed by atoms with Gasteiger partial charge in [-0.05, 0) is 74.2 Å². The molecule has 1 heterocycles. The zero-order valence-electron chi connectivity index (χ0n) is 54.1. The number of ether oxygens (including phenoxy) is 1. The van der Waals surface area contributed by atoms with E-state index in [9.17, 15) is 68.4 Å². The highest BCUT2D eigenvalue weighted by molar-refractivity contribution is 6.01. The SMILES string of the molecule is CC[C@H](C)C1NC(=O)[C@@H](CCCNC(=N)N)NC(=O)[C@H](CC(C)C)NC(=O)[C@H]([C@H](O)C(C)C)NC(=O)[C@@H](NC(=O)C2(NC(=O)[C@H](N)CC(C)(C)C)CCCCC2)[C@@H](c2ccccc2)OC(=O)[C@H](CO)NC(=O)[C@H]([C@H](O)C(N)=O)NC(=O)CNC(=O)[C@H]([C@H](C)O)NC1=O. The van der Waals surface area contributed by atoms with Crippen molar-refractivity contribution >= 4 is 76.9 Å². The second kappa shape index (κ2) is 36.2. The van der Waals surface area contributed by atoms with Crippen molar-refractivity contribution in [2.24, 2.45) is 40.4 Å². The molecule has 22 N–H and O–H groups in total. The molecule has 92 heavy (non-hydrogen) atoms. The molecule has 1 aliphatic heterocycles. The summed E-state index contributed by atoms with van der Waals surface area (Å²) in [6.45, 7) is 13.9. The van der Waals surface area contributed by atoms with E-state index in [2.05, 4.69) is 53.2 Å². The highest BCUT2D eigenvalue weighted by Gasteiger charge is 2.48. The van der Waals surface area contributed by atoms with Crippen molar-refractivity contribution in [2.75, 3.05) is 19.7 Å². The first-order valence-corrected chi connectivity index (χ1v) is 31.0. The summed E-state index contributed by atoms with van der Waals surface area (Å²) in [6, 6.07) is -9.21. The number of rotatable bonds is 20. The molecule has 516 valence electrons. The average Bonchev–Trinajstić information content (AvgIpc) is 0.828. The summed E-state index contributed by atoms with van der Waals surface area (Å²) in [5.41, 5.74) is 15.0. The maximum Gasteiger partial charge on any atom is 0.331 e. The molecular formula is C60H99N15O17. The van der Waals surface area contributed by atoms with Crippen molar-refractivity contribution in [3.8, 4) is 0 Å². The summed E-state index contributed by atoms with van der Waals surface area (Å²) >= 11 is 0. The van der Waals surface area contributed by atoms with Crippen LogP contribution in [0.2, 0.25) is 0 Å². The Bertz CT molecular complexity index is 2740. The van der Waals surface area contributed by atoms with Crippen LogP contribution in [0.5, 0.6) is 0 Å². The zero-order chi connectivity index (χ0) is 69.5. The normalized spacial score (nSPS) is 25.7. The number of hydrogen-bond donors (Lipinski definition) is 19. The predicted molar refractivity (Wildman–Crippen MR) is 333 cm³/mol. The van der Waals surface area contributed by atoms with Crippen molar-refractivity contribution in [2.45, 2.75) is 218 Å². The number of guanidine groups is 1. The molecule has 0 spiro atoms. The molecule has 1 aromatic carbocycles. The van der Waals surface area contributed by atoms with Crippen LogP contribution >= 0.6 is 0 Å². The third-order valence-electron chi connectivity index (χ3n) is 15.7. The van der Waals surface area contributed by atoms with Gasteiger partial charge in [-0.2, -0.15) is 0 Å². The molecule has 1 aliphatic carbocycles. The Balaban J connectivity index is 2.43. The number of esters is 1. The lowest BCUT2D eigenvalue weighted by Gasteiger charge is -2.40. The number of carbonyl (C=O) groups excluding carboxylic acids is 12. The van der Waals surface area contributed by atoms with Gasteiger partial charge < -0.3 is 101 Å². The highest BCUT2D eigenvalue weighted by atomic mass is 16.5. The molecule has 2 fully saturated rings. The standard InChI is InChI=1S/C60H99N15O17/c1-11-31(6)39-52(86)72-40(32(7)77)51(85)66-27-38(78)70-42(45(80)47(62)81)54(88)69-37(28-76)56(90)92-46(33-19-14-12-15-20-33)43(74-57(91)60(22-16-13-17-23-60)75-48(82)34(61)26-59(8,9)10)55(89)73-41(44(79)30(4)5)53(87)68-36(25-29(2)3)50(84)67-35(49(83)71-39)21-18-24-65-58(63)64/h12,14-15,19-20,29-32,34-37,39-46,76-77,79-80H,11,13,16-18,21-28,61H2,1-10H3,(H2,62,81)(H,66,85)(H,67,84)(H,68,87)(H,69,88)(H,70,78)(H,71,83)(H,72,86)(H,73,89)(H,74,91)(H,75,82)(H4,63,64,65)/t31-,32-,34+,35+,36-,37-,39?,40-,41-,42-,43-,44+,45-,46+/m0/s1. The Morgan fingerprint density at radius 2 is 1.27 bits per heavy atom. The summed E-state index contributed by atoms with van der Waals surface area (Å²) < 4.78 is 5.99. The first-order chi connectivity index (χ1) is 43.0. The van der Waals surface area contributed by atoms with Crippen LogP contribution in [0.1, 0.15) is 145 Å². The number of hydrogen-bond acceptors (Lipinski definition) is 19. The number of cyclic esters (lactones) is 1. The molecule has 14 atom stereocenters. The van der Waals surface area contributed by atoms with Crippen molar-refractivity contribution in [3.63, 3.8) is 0 Å². The third-order valence-corrected chi connectivity index (χ3v) is 15.7. The zero-order valence-corrected chi connectivity index (χ0v) is 54.1. The molecule has 32 heteroatoms. The van der Waals surface area contributed by atoms with Crippen LogP contribution < -0.4 is 75.7 Å². The lowest BCUT2D eigenvalue weighted by molar-refractivity contribution is -0.159. The van der Waals surface area contributed by atoms with Crippen molar-refractivity contribution in [1.82, 2.24) is 58.5 Å². The number of aliphatic hydroxyl groups excluding tert-OH is 4. The molecule has 1 unspecified atom stereocenters. The third kappa shape index (κ3) is 23.9. The van der Waals surface area contributed by atoms with Crippen LogP contribution in [-0.2, 0) is 62.3 Å². The number of amides is 11. The highest BCUT2D eigenvalue weighted by Crippen LogP contribution is 2.32. The topological polar surface area (TPSA) is 529 Å². The number of aliphatic hydroxyl groups is 4. The van der Waals surface area contributed by atoms with Gasteiger partial charge in [0.05, 0.1) is 31.4 Å². The molecule has 2 aliphatic rings. The monoisotopic (exact) mass is 1300 g/mol. The summed E-state index contributed by atoms with van der Waals surface area (Å²) in [5, 5.41) is 78.9. The van der Waals surface area contributed by atoms with Crippen LogP contribution in [0.3, 0.4) is 0 Å². The maximum atomic E-state index is 15.5. The Morgan fingerprint density at radius 3 is 1.82 bits per heavy atom. The first-order valence-electron chi connectivity index (χ1n) is 31.0. The summed E-state index contributed by atoms with van der Waals surface area (Å²) in [5.74, 6) is -16.8. The van der Waals surface area contributed by atoms with Gasteiger partial charge in [-0.3, -0.25) is 58.1 Å². The summed E-state index contributed by atoms with van der Waals surface area (Å²) in [4.78, 5) is 171. The predicted octanol–water partition coefficient (Wildman–Crippen LogP) is -4.55. The van der Waals surface area contributed by atoms with Gasteiger partial charge in [-0.1, -0.05) is 118 Å². The second-order valence-corrected chi connectivity index (χ2v) is 25.6. The van der Waals surface area contributed by atoms with Crippen LogP contribution in [0.4, 0.5) is 0 Å². The minimum Gasteiger partial charge on any atom is -0.453 e. The Kier molecular flexibility index (Phi) is 30.8. The number of nitrogens with one attached hydrogen (secondary N) is 12. The van der Waals surface area contributed by atoms with Crippen LogP contribution in [0.25, 0.3) is 0 Å². The molecular weight excluding hydrogens is 1200 g/mol.